The Labute approximate surface area is 301 Å². The van der Waals surface area contributed by atoms with E-state index in [0.29, 0.717) is 0 Å². The molecule has 5 heteroatoms. The van der Waals surface area contributed by atoms with Crippen LogP contribution >= 0.6 is 11.3 Å². The van der Waals surface area contributed by atoms with Crippen molar-refractivity contribution in [3.05, 3.63) is 170 Å². The topological polar surface area (TPSA) is 27.7 Å². The lowest BCUT2D eigenvalue weighted by atomic mass is 10.1. The minimum Gasteiger partial charge on any atom is -0.309 e. The summed E-state index contributed by atoms with van der Waals surface area (Å²) in [6, 6.07) is 61.6. The number of hydrogen-bond donors (Lipinski definition) is 0. The molecular weight excluding hydrogens is 653 g/mol. The fourth-order valence-electron chi connectivity index (χ4n) is 8.66. The predicted octanol–water partition coefficient (Wildman–Crippen LogP) is 12.7. The zero-order chi connectivity index (χ0) is 33.9. The second-order valence-corrected chi connectivity index (χ2v) is 14.6. The summed E-state index contributed by atoms with van der Waals surface area (Å²) in [5.41, 5.74) is 8.14. The normalized spacial score (nSPS) is 12.2. The number of aromatic nitrogens is 4. The molecule has 0 spiro atoms. The van der Waals surface area contributed by atoms with E-state index in [1.165, 1.54) is 63.5 Å². The highest BCUT2D eigenvalue weighted by Crippen LogP contribution is 2.43. The Balaban J connectivity index is 1.20. The van der Waals surface area contributed by atoms with Crippen molar-refractivity contribution >= 4 is 96.9 Å². The van der Waals surface area contributed by atoms with Gasteiger partial charge in [-0.25, -0.2) is 4.98 Å². The van der Waals surface area contributed by atoms with Gasteiger partial charge in [-0.15, -0.1) is 11.3 Å². The Morgan fingerprint density at radius 1 is 0.346 bits per heavy atom. The minimum absolute atomic E-state index is 0.913. The number of pyridine rings is 1. The van der Waals surface area contributed by atoms with Gasteiger partial charge >= 0.3 is 0 Å². The van der Waals surface area contributed by atoms with Crippen LogP contribution in [0.4, 0.5) is 0 Å². The summed E-state index contributed by atoms with van der Waals surface area (Å²) in [6.07, 6.45) is 0. The molecule has 52 heavy (non-hydrogen) atoms. The summed E-state index contributed by atoms with van der Waals surface area (Å²) in [6.45, 7) is 0. The molecule has 0 aliphatic heterocycles. The third kappa shape index (κ3) is 3.72. The summed E-state index contributed by atoms with van der Waals surface area (Å²) in [4.78, 5) is 5.67. The largest absolute Gasteiger partial charge is 0.309 e. The number of nitrogens with zero attached hydrogens (tertiary/aromatic N) is 4. The lowest BCUT2D eigenvalue weighted by Crippen LogP contribution is -2.04. The minimum atomic E-state index is 0.913. The van der Waals surface area contributed by atoms with Gasteiger partial charge in [-0.05, 0) is 60.7 Å². The Hall–Kier alpha value is -6.69. The molecule has 242 valence electrons. The summed E-state index contributed by atoms with van der Waals surface area (Å²) >= 11 is 1.82. The van der Waals surface area contributed by atoms with Gasteiger partial charge in [0.15, 0.2) is 5.82 Å². The third-order valence-corrected chi connectivity index (χ3v) is 12.0. The van der Waals surface area contributed by atoms with Crippen LogP contribution in [-0.4, -0.2) is 18.7 Å². The van der Waals surface area contributed by atoms with E-state index in [0.717, 1.165) is 39.4 Å². The SMILES string of the molecule is c1ccc2c(c1)sc1c(-n3c4ccccc4c4cc(-n5c6ccccc6c6ccccc65)ccc43)nc(-n3c4ccccc4c4ccccc43)cc12. The first kappa shape index (κ1) is 28.1. The van der Waals surface area contributed by atoms with Crippen LogP contribution in [0.15, 0.2) is 170 Å². The highest BCUT2D eigenvalue weighted by Gasteiger charge is 2.22. The second kappa shape index (κ2) is 10.4. The smallest absolute Gasteiger partial charge is 0.158 e. The maximum Gasteiger partial charge on any atom is 0.158 e. The standard InChI is InChI=1S/C47H28N4S/c1-7-19-38-30(13-1)31-14-2-8-20-39(31)49(38)29-25-26-43-36(27-29)34-17-5-11-23-42(34)51(43)47-46-37(35-18-6-12-24-44(35)52-46)28-45(48-47)50-40-21-9-3-15-32(40)33-16-4-10-22-41(33)50/h1-28H. The Bertz CT molecular complexity index is 3320. The third-order valence-electron chi connectivity index (χ3n) is 10.8. The van der Waals surface area contributed by atoms with Crippen molar-refractivity contribution in [2.75, 3.05) is 0 Å². The van der Waals surface area contributed by atoms with E-state index < -0.39 is 0 Å². The maximum atomic E-state index is 5.67. The average Bonchev–Trinajstić information content (AvgIpc) is 3.94. The van der Waals surface area contributed by atoms with Gasteiger partial charge in [0.25, 0.3) is 0 Å². The molecule has 5 aromatic heterocycles. The number of thiophene rings is 1. The molecule has 0 bridgehead atoms. The molecule has 0 saturated heterocycles. The molecule has 12 rings (SSSR count). The molecular formula is C47H28N4S. The fourth-order valence-corrected chi connectivity index (χ4v) is 9.82. The molecule has 0 saturated carbocycles. The van der Waals surface area contributed by atoms with Gasteiger partial charge in [0.05, 0.1) is 37.8 Å². The highest BCUT2D eigenvalue weighted by atomic mass is 32.1. The average molecular weight is 681 g/mol. The van der Waals surface area contributed by atoms with Crippen LogP contribution in [0.3, 0.4) is 0 Å². The first-order valence-electron chi connectivity index (χ1n) is 17.6. The van der Waals surface area contributed by atoms with Gasteiger partial charge in [-0.1, -0.05) is 109 Å². The van der Waals surface area contributed by atoms with Crippen molar-refractivity contribution in [1.29, 1.82) is 0 Å². The zero-order valence-electron chi connectivity index (χ0n) is 27.9. The van der Waals surface area contributed by atoms with Crippen LogP contribution in [0.25, 0.3) is 103 Å². The maximum absolute atomic E-state index is 5.67. The molecule has 0 fully saturated rings. The first-order chi connectivity index (χ1) is 25.8. The summed E-state index contributed by atoms with van der Waals surface area (Å²) in [5, 5.41) is 9.86. The summed E-state index contributed by atoms with van der Waals surface area (Å²) in [7, 11) is 0. The van der Waals surface area contributed by atoms with Gasteiger partial charge in [0.2, 0.25) is 0 Å². The van der Waals surface area contributed by atoms with Gasteiger partial charge in [0.1, 0.15) is 5.82 Å². The van der Waals surface area contributed by atoms with E-state index in [1.807, 2.05) is 11.3 Å². The van der Waals surface area contributed by atoms with Gasteiger partial charge in [-0.3, -0.25) is 9.13 Å². The van der Waals surface area contributed by atoms with Crippen LogP contribution in [0.2, 0.25) is 0 Å². The molecule has 0 radical (unpaired) electrons. The van der Waals surface area contributed by atoms with Crippen LogP contribution in [0, 0.1) is 0 Å². The molecule has 12 aromatic rings. The van der Waals surface area contributed by atoms with Crippen molar-refractivity contribution < 1.29 is 0 Å². The van der Waals surface area contributed by atoms with Crippen LogP contribution in [0.1, 0.15) is 0 Å². The Morgan fingerprint density at radius 2 is 0.788 bits per heavy atom. The molecule has 5 heterocycles. The number of para-hydroxylation sites is 5. The highest BCUT2D eigenvalue weighted by molar-refractivity contribution is 7.26. The summed E-state index contributed by atoms with van der Waals surface area (Å²) in [5.74, 6) is 1.86. The van der Waals surface area contributed by atoms with Crippen LogP contribution in [0.5, 0.6) is 0 Å². The monoisotopic (exact) mass is 680 g/mol. The van der Waals surface area contributed by atoms with Crippen LogP contribution < -0.4 is 0 Å². The number of benzene rings is 7. The molecule has 4 nitrogen and oxygen atoms in total. The van der Waals surface area contributed by atoms with E-state index in [4.69, 9.17) is 4.98 Å². The van der Waals surface area contributed by atoms with Crippen molar-refractivity contribution in [2.45, 2.75) is 0 Å². The Morgan fingerprint density at radius 3 is 1.37 bits per heavy atom. The first-order valence-corrected chi connectivity index (χ1v) is 18.5. The van der Waals surface area contributed by atoms with E-state index >= 15 is 0 Å². The quantitative estimate of drug-likeness (QED) is 0.182. The lowest BCUT2D eigenvalue weighted by Gasteiger charge is -2.14. The number of rotatable bonds is 3. The second-order valence-electron chi connectivity index (χ2n) is 13.6. The molecule has 0 N–H and O–H groups in total. The Kier molecular flexibility index (Phi) is 5.62. The number of hydrogen-bond acceptors (Lipinski definition) is 2. The van der Waals surface area contributed by atoms with Gasteiger partial charge in [0, 0.05) is 53.5 Å². The van der Waals surface area contributed by atoms with E-state index in [-0.39, 0.29) is 0 Å². The van der Waals surface area contributed by atoms with E-state index in [2.05, 4.69) is 184 Å². The van der Waals surface area contributed by atoms with E-state index in [9.17, 15) is 0 Å². The molecule has 0 aliphatic rings. The fraction of sp³-hybridized carbons (Fsp3) is 0. The van der Waals surface area contributed by atoms with E-state index in [1.54, 1.807) is 0 Å². The van der Waals surface area contributed by atoms with Crippen molar-refractivity contribution in [2.24, 2.45) is 0 Å². The lowest BCUT2D eigenvalue weighted by molar-refractivity contribution is 1.03. The van der Waals surface area contributed by atoms with Crippen LogP contribution in [-0.2, 0) is 0 Å². The van der Waals surface area contributed by atoms with Gasteiger partial charge < -0.3 is 4.57 Å². The summed E-state index contributed by atoms with van der Waals surface area (Å²) < 4.78 is 9.58. The van der Waals surface area contributed by atoms with Gasteiger partial charge in [-0.2, -0.15) is 0 Å². The predicted molar refractivity (Wildman–Crippen MR) is 220 cm³/mol. The number of fused-ring (bicyclic) bond motifs is 12. The molecule has 0 aliphatic carbocycles. The van der Waals surface area contributed by atoms with Crippen molar-refractivity contribution in [3.63, 3.8) is 0 Å². The van der Waals surface area contributed by atoms with Crippen molar-refractivity contribution in [3.8, 4) is 17.3 Å². The molecule has 0 unspecified atom stereocenters. The van der Waals surface area contributed by atoms with Crippen molar-refractivity contribution in [1.82, 2.24) is 18.7 Å². The molecule has 7 aromatic carbocycles. The molecule has 0 amide bonds. The zero-order valence-corrected chi connectivity index (χ0v) is 28.7. The molecule has 0 atom stereocenters.